The molecular weight excluding hydrogens is 394 g/mol. The van der Waals surface area contributed by atoms with Crippen LogP contribution in [0.2, 0.25) is 5.02 Å². The summed E-state index contributed by atoms with van der Waals surface area (Å²) in [5.41, 5.74) is 3.39. The Bertz CT molecular complexity index is 1040. The number of halogens is 1. The van der Waals surface area contributed by atoms with Crippen molar-refractivity contribution in [2.24, 2.45) is 18.9 Å². The van der Waals surface area contributed by atoms with Gasteiger partial charge in [-0.3, -0.25) is 9.69 Å². The first kappa shape index (κ1) is 18.9. The summed E-state index contributed by atoms with van der Waals surface area (Å²) in [7, 11) is 2.00. The van der Waals surface area contributed by atoms with E-state index in [1.54, 1.807) is 5.57 Å². The molecule has 2 aromatic rings. The van der Waals surface area contributed by atoms with Crippen LogP contribution in [0.15, 0.2) is 35.9 Å². The molecule has 1 amide bonds. The van der Waals surface area contributed by atoms with E-state index in [1.165, 1.54) is 38.6 Å². The Morgan fingerprint density at radius 3 is 2.93 bits per heavy atom. The maximum atomic E-state index is 13.8. The zero-order valence-corrected chi connectivity index (χ0v) is 18.4. The summed E-state index contributed by atoms with van der Waals surface area (Å²) >= 11 is 6.20. The Morgan fingerprint density at radius 1 is 1.13 bits per heavy atom. The number of fused-ring (bicyclic) bond motifs is 7. The molecule has 1 aromatic heterocycles. The zero-order valence-electron chi connectivity index (χ0n) is 17.7. The summed E-state index contributed by atoms with van der Waals surface area (Å²) in [4.78, 5) is 18.8. The molecule has 0 unspecified atom stereocenters. The van der Waals surface area contributed by atoms with Gasteiger partial charge in [0.05, 0.1) is 6.04 Å². The second-order valence-corrected chi connectivity index (χ2v) is 10.2. The van der Waals surface area contributed by atoms with Crippen molar-refractivity contribution < 1.29 is 4.79 Å². The van der Waals surface area contributed by atoms with Crippen molar-refractivity contribution in [3.05, 3.63) is 46.6 Å². The smallest absolute Gasteiger partial charge is 0.271 e. The largest absolute Gasteiger partial charge is 0.340 e. The van der Waals surface area contributed by atoms with Gasteiger partial charge in [0.15, 0.2) is 0 Å². The normalized spacial score (nSPS) is 31.3. The molecule has 3 fully saturated rings. The van der Waals surface area contributed by atoms with Crippen LogP contribution in [0.1, 0.15) is 49.0 Å². The molecule has 4 atom stereocenters. The van der Waals surface area contributed by atoms with Crippen LogP contribution in [-0.4, -0.2) is 52.0 Å². The number of aromatic nitrogens is 1. The molecule has 5 heteroatoms. The van der Waals surface area contributed by atoms with Crippen molar-refractivity contribution in [1.29, 1.82) is 0 Å². The first-order valence-electron chi connectivity index (χ1n) is 11.6. The Kier molecular flexibility index (Phi) is 4.50. The molecule has 4 aliphatic rings. The van der Waals surface area contributed by atoms with Gasteiger partial charge in [0.25, 0.3) is 5.91 Å². The van der Waals surface area contributed by atoms with Gasteiger partial charge in [0, 0.05) is 42.1 Å². The van der Waals surface area contributed by atoms with E-state index >= 15 is 0 Å². The third kappa shape index (κ3) is 2.87. The minimum atomic E-state index is 0.180. The number of amides is 1. The van der Waals surface area contributed by atoms with Crippen molar-refractivity contribution >= 4 is 28.4 Å². The Morgan fingerprint density at radius 2 is 2.03 bits per heavy atom. The Balaban J connectivity index is 1.36. The number of hydrogen-bond acceptors (Lipinski definition) is 2. The van der Waals surface area contributed by atoms with Crippen LogP contribution in [0.5, 0.6) is 0 Å². The number of carbonyl (C=O) groups excluding carboxylic acids is 1. The molecule has 0 N–H and O–H groups in total. The molecule has 1 aromatic carbocycles. The predicted octanol–water partition coefficient (Wildman–Crippen LogP) is 4.87. The highest BCUT2D eigenvalue weighted by molar-refractivity contribution is 6.31. The van der Waals surface area contributed by atoms with Crippen LogP contribution in [0.4, 0.5) is 0 Å². The number of benzene rings is 1. The minimum absolute atomic E-state index is 0.180. The zero-order chi connectivity index (χ0) is 20.4. The molecule has 30 heavy (non-hydrogen) atoms. The SMILES string of the molecule is Cn1c(C(=O)N2CCCC3=C[C@H]4C[C@@H](CN5CCCC[C@H]45)[C@@H]32)cc2cc(Cl)ccc21. The molecule has 2 bridgehead atoms. The average Bonchev–Trinajstić information content (AvgIpc) is 3.08. The molecule has 1 aliphatic carbocycles. The topological polar surface area (TPSA) is 28.5 Å². The Hall–Kier alpha value is -1.78. The van der Waals surface area contributed by atoms with Crippen molar-refractivity contribution in [1.82, 2.24) is 14.4 Å². The van der Waals surface area contributed by atoms with Crippen LogP contribution < -0.4 is 0 Å². The van der Waals surface area contributed by atoms with E-state index in [4.69, 9.17) is 11.6 Å². The predicted molar refractivity (Wildman–Crippen MR) is 121 cm³/mol. The number of aryl methyl sites for hydroxylation is 1. The van der Waals surface area contributed by atoms with Crippen molar-refractivity contribution in [2.75, 3.05) is 19.6 Å². The van der Waals surface area contributed by atoms with E-state index < -0.39 is 0 Å². The summed E-state index contributed by atoms with van der Waals surface area (Å²) in [6, 6.07) is 8.92. The maximum absolute atomic E-state index is 13.8. The van der Waals surface area contributed by atoms with Crippen LogP contribution in [0.3, 0.4) is 0 Å². The molecule has 3 aliphatic heterocycles. The first-order chi connectivity index (χ1) is 14.6. The van der Waals surface area contributed by atoms with Gasteiger partial charge in [-0.2, -0.15) is 0 Å². The van der Waals surface area contributed by atoms with Crippen molar-refractivity contribution in [2.45, 2.75) is 50.6 Å². The fourth-order valence-corrected chi connectivity index (χ4v) is 7.05. The standard InChI is InChI=1S/C25H30ClN3O/c1-27-21-8-7-20(26)13-18(21)14-23(27)25(30)29-10-4-5-16-11-17-12-19(24(16)29)15-28-9-3-2-6-22(17)28/h7-8,11,13-14,17,19,22,24H,2-6,9-10,12,15H2,1H3/t17-,19-,22+,24+/m0/s1. The summed E-state index contributed by atoms with van der Waals surface area (Å²) < 4.78 is 2.04. The fraction of sp³-hybridized carbons (Fsp3) is 0.560. The van der Waals surface area contributed by atoms with E-state index in [2.05, 4.69) is 15.9 Å². The second kappa shape index (κ2) is 7.13. The van der Waals surface area contributed by atoms with Gasteiger partial charge in [-0.05, 0) is 74.8 Å². The van der Waals surface area contributed by atoms with Crippen molar-refractivity contribution in [3.63, 3.8) is 0 Å². The summed E-state index contributed by atoms with van der Waals surface area (Å²) in [5.74, 6) is 1.46. The molecule has 158 valence electrons. The summed E-state index contributed by atoms with van der Waals surface area (Å²) in [6.07, 6.45) is 10.2. The van der Waals surface area contributed by atoms with Crippen molar-refractivity contribution in [3.8, 4) is 0 Å². The van der Waals surface area contributed by atoms with Crippen LogP contribution >= 0.6 is 11.6 Å². The van der Waals surface area contributed by atoms with E-state index in [0.29, 0.717) is 16.9 Å². The van der Waals surface area contributed by atoms with E-state index in [-0.39, 0.29) is 11.9 Å². The average molecular weight is 424 g/mol. The lowest BCUT2D eigenvalue weighted by atomic mass is 9.68. The van der Waals surface area contributed by atoms with Gasteiger partial charge < -0.3 is 9.47 Å². The summed E-state index contributed by atoms with van der Waals surface area (Å²) in [5, 5.41) is 1.76. The highest BCUT2D eigenvalue weighted by Crippen LogP contribution is 2.45. The number of rotatable bonds is 1. The van der Waals surface area contributed by atoms with Gasteiger partial charge in [0.2, 0.25) is 0 Å². The van der Waals surface area contributed by atoms with Crippen LogP contribution in [0.25, 0.3) is 10.9 Å². The third-order valence-corrected chi connectivity index (χ3v) is 8.38. The lowest BCUT2D eigenvalue weighted by Crippen LogP contribution is -2.60. The van der Waals surface area contributed by atoms with Gasteiger partial charge in [0.1, 0.15) is 5.69 Å². The van der Waals surface area contributed by atoms with E-state index in [1.807, 2.05) is 35.9 Å². The molecule has 6 rings (SSSR count). The third-order valence-electron chi connectivity index (χ3n) is 8.14. The number of likely N-dealkylation sites (tertiary alicyclic amines) is 1. The van der Waals surface area contributed by atoms with Gasteiger partial charge >= 0.3 is 0 Å². The van der Waals surface area contributed by atoms with Crippen LogP contribution in [-0.2, 0) is 7.05 Å². The second-order valence-electron chi connectivity index (χ2n) is 9.80. The van der Waals surface area contributed by atoms with E-state index in [9.17, 15) is 4.79 Å². The fourth-order valence-electron chi connectivity index (χ4n) is 6.87. The maximum Gasteiger partial charge on any atom is 0.271 e. The lowest BCUT2D eigenvalue weighted by Gasteiger charge is -2.54. The number of piperidine rings is 3. The van der Waals surface area contributed by atoms with E-state index in [0.717, 1.165) is 42.1 Å². The quantitative estimate of drug-likeness (QED) is 0.612. The first-order valence-corrected chi connectivity index (χ1v) is 12.0. The van der Waals surface area contributed by atoms with Gasteiger partial charge in [-0.15, -0.1) is 0 Å². The highest BCUT2D eigenvalue weighted by Gasteiger charge is 2.47. The minimum Gasteiger partial charge on any atom is -0.340 e. The number of nitrogens with zero attached hydrogens (tertiary/aromatic N) is 3. The van der Waals surface area contributed by atoms with Crippen LogP contribution in [0, 0.1) is 11.8 Å². The molecule has 3 saturated heterocycles. The van der Waals surface area contributed by atoms with Gasteiger partial charge in [-0.1, -0.05) is 29.7 Å². The Labute approximate surface area is 183 Å². The molecule has 0 saturated carbocycles. The summed E-state index contributed by atoms with van der Waals surface area (Å²) in [6.45, 7) is 3.27. The van der Waals surface area contributed by atoms with Gasteiger partial charge in [-0.25, -0.2) is 0 Å². The highest BCUT2D eigenvalue weighted by atomic mass is 35.5. The molecule has 0 radical (unpaired) electrons. The molecule has 4 nitrogen and oxygen atoms in total. The molecule has 4 heterocycles. The molecule has 0 spiro atoms. The number of hydrogen-bond donors (Lipinski definition) is 0. The lowest BCUT2D eigenvalue weighted by molar-refractivity contribution is 0.00122. The molecular formula is C25H30ClN3O. The number of carbonyl (C=O) groups is 1. The monoisotopic (exact) mass is 423 g/mol.